The van der Waals surface area contributed by atoms with E-state index in [-0.39, 0.29) is 0 Å². The molecule has 0 aliphatic heterocycles. The lowest BCUT2D eigenvalue weighted by molar-refractivity contribution is -0.122. The second kappa shape index (κ2) is 5.51. The Labute approximate surface area is 121 Å². The van der Waals surface area contributed by atoms with Crippen LogP contribution in [0.2, 0.25) is 5.02 Å². The molecule has 2 rings (SSSR count). The molecule has 20 heavy (non-hydrogen) atoms. The van der Waals surface area contributed by atoms with Gasteiger partial charge in [-0.3, -0.25) is 4.79 Å². The minimum atomic E-state index is -1.15. The number of halogens is 2. The van der Waals surface area contributed by atoms with E-state index in [4.69, 9.17) is 17.3 Å². The normalized spacial score (nSPS) is 13.6. The van der Waals surface area contributed by atoms with Gasteiger partial charge in [0.25, 0.3) is 0 Å². The van der Waals surface area contributed by atoms with Gasteiger partial charge in [0.2, 0.25) is 5.91 Å². The molecule has 0 heterocycles. The summed E-state index contributed by atoms with van der Waals surface area (Å²) in [7, 11) is 0. The van der Waals surface area contributed by atoms with Gasteiger partial charge in [0.05, 0.1) is 0 Å². The maximum absolute atomic E-state index is 13.2. The van der Waals surface area contributed by atoms with E-state index in [9.17, 15) is 9.18 Å². The third-order valence-electron chi connectivity index (χ3n) is 3.13. The quantitative estimate of drug-likeness (QED) is 0.908. The SMILES string of the molecule is CC(Nc1cccc(F)c1)(C(N)=O)c1ccc(Cl)cc1. The fourth-order valence-corrected chi connectivity index (χ4v) is 2.04. The first-order valence-corrected chi connectivity index (χ1v) is 6.39. The third kappa shape index (κ3) is 2.91. The molecule has 0 spiro atoms. The number of carbonyl (C=O) groups excluding carboxylic acids is 1. The van der Waals surface area contributed by atoms with Crippen LogP contribution in [0.15, 0.2) is 48.5 Å². The summed E-state index contributed by atoms with van der Waals surface area (Å²) in [5, 5.41) is 3.54. The Kier molecular flexibility index (Phi) is 3.95. The lowest BCUT2D eigenvalue weighted by Crippen LogP contribution is -2.45. The second-order valence-corrected chi connectivity index (χ2v) is 5.07. The highest BCUT2D eigenvalue weighted by molar-refractivity contribution is 6.30. The molecule has 1 unspecified atom stereocenters. The van der Waals surface area contributed by atoms with Crippen molar-refractivity contribution in [2.24, 2.45) is 5.73 Å². The Balaban J connectivity index is 2.39. The van der Waals surface area contributed by atoms with Gasteiger partial charge in [-0.2, -0.15) is 0 Å². The van der Waals surface area contributed by atoms with Crippen molar-refractivity contribution in [3.05, 3.63) is 64.9 Å². The summed E-state index contributed by atoms with van der Waals surface area (Å²) in [5.74, 6) is -0.956. The molecule has 2 aromatic rings. The third-order valence-corrected chi connectivity index (χ3v) is 3.39. The van der Waals surface area contributed by atoms with Crippen LogP contribution in [0, 0.1) is 5.82 Å². The molecular weight excluding hydrogens is 279 g/mol. The predicted octanol–water partition coefficient (Wildman–Crippen LogP) is 3.29. The highest BCUT2D eigenvalue weighted by Gasteiger charge is 2.33. The molecule has 104 valence electrons. The van der Waals surface area contributed by atoms with Crippen LogP contribution in [0.25, 0.3) is 0 Å². The van der Waals surface area contributed by atoms with Crippen LogP contribution in [0.1, 0.15) is 12.5 Å². The number of anilines is 1. The number of hydrogen-bond donors (Lipinski definition) is 2. The second-order valence-electron chi connectivity index (χ2n) is 4.63. The van der Waals surface area contributed by atoms with E-state index in [1.54, 1.807) is 43.3 Å². The average molecular weight is 293 g/mol. The summed E-state index contributed by atoms with van der Waals surface area (Å²) in [6.45, 7) is 1.64. The number of nitrogens with two attached hydrogens (primary N) is 1. The van der Waals surface area contributed by atoms with E-state index in [1.165, 1.54) is 12.1 Å². The van der Waals surface area contributed by atoms with Gasteiger partial charge in [-0.25, -0.2) is 4.39 Å². The summed E-state index contributed by atoms with van der Waals surface area (Å²) in [4.78, 5) is 11.8. The van der Waals surface area contributed by atoms with Crippen LogP contribution in [0.5, 0.6) is 0 Å². The fraction of sp³-hybridized carbons (Fsp3) is 0.133. The van der Waals surface area contributed by atoms with Crippen molar-refractivity contribution in [3.8, 4) is 0 Å². The van der Waals surface area contributed by atoms with Crippen LogP contribution in [-0.4, -0.2) is 5.91 Å². The maximum Gasteiger partial charge on any atom is 0.247 e. The number of primary amides is 1. The molecular formula is C15H14ClFN2O. The molecule has 1 amide bonds. The van der Waals surface area contributed by atoms with Crippen LogP contribution < -0.4 is 11.1 Å². The van der Waals surface area contributed by atoms with E-state index in [1.807, 2.05) is 0 Å². The number of benzene rings is 2. The van der Waals surface area contributed by atoms with Crippen molar-refractivity contribution in [2.45, 2.75) is 12.5 Å². The topological polar surface area (TPSA) is 55.1 Å². The van der Waals surface area contributed by atoms with E-state index in [0.29, 0.717) is 16.3 Å². The van der Waals surface area contributed by atoms with Crippen LogP contribution in [0.3, 0.4) is 0 Å². The summed E-state index contributed by atoms with van der Waals surface area (Å²) >= 11 is 5.84. The lowest BCUT2D eigenvalue weighted by Gasteiger charge is -2.29. The molecule has 0 aromatic heterocycles. The number of amides is 1. The average Bonchev–Trinajstić information content (AvgIpc) is 2.39. The van der Waals surface area contributed by atoms with Gasteiger partial charge in [0.1, 0.15) is 11.4 Å². The largest absolute Gasteiger partial charge is 0.368 e. The van der Waals surface area contributed by atoms with Gasteiger partial charge in [-0.1, -0.05) is 29.8 Å². The molecule has 3 nitrogen and oxygen atoms in total. The van der Waals surface area contributed by atoms with Gasteiger partial charge in [0.15, 0.2) is 0 Å². The van der Waals surface area contributed by atoms with E-state index in [0.717, 1.165) is 0 Å². The summed E-state index contributed by atoms with van der Waals surface area (Å²) in [6.07, 6.45) is 0. The molecule has 0 bridgehead atoms. The monoisotopic (exact) mass is 292 g/mol. The van der Waals surface area contributed by atoms with Gasteiger partial charge < -0.3 is 11.1 Å². The molecule has 0 aliphatic rings. The number of carbonyl (C=O) groups is 1. The van der Waals surface area contributed by atoms with Crippen molar-refractivity contribution in [3.63, 3.8) is 0 Å². The number of hydrogen-bond acceptors (Lipinski definition) is 2. The standard InChI is InChI=1S/C15H14ClFN2O/c1-15(14(18)20,10-5-7-11(16)8-6-10)19-13-4-2-3-12(17)9-13/h2-9,19H,1H3,(H2,18,20). The Bertz CT molecular complexity index is 630. The molecule has 5 heteroatoms. The minimum absolute atomic E-state index is 0.391. The van der Waals surface area contributed by atoms with Crippen LogP contribution in [0.4, 0.5) is 10.1 Å². The van der Waals surface area contributed by atoms with Crippen molar-refractivity contribution in [1.82, 2.24) is 0 Å². The van der Waals surface area contributed by atoms with Gasteiger partial charge in [-0.05, 0) is 42.8 Å². The first kappa shape index (κ1) is 14.3. The van der Waals surface area contributed by atoms with Gasteiger partial charge in [-0.15, -0.1) is 0 Å². The Morgan fingerprint density at radius 2 is 1.90 bits per heavy atom. The van der Waals surface area contributed by atoms with Crippen LogP contribution >= 0.6 is 11.6 Å². The van der Waals surface area contributed by atoms with Crippen molar-refractivity contribution < 1.29 is 9.18 Å². The smallest absolute Gasteiger partial charge is 0.247 e. The molecule has 0 saturated heterocycles. The van der Waals surface area contributed by atoms with E-state index >= 15 is 0 Å². The number of rotatable bonds is 4. The van der Waals surface area contributed by atoms with Crippen molar-refractivity contribution >= 4 is 23.2 Å². The minimum Gasteiger partial charge on any atom is -0.368 e. The Hall–Kier alpha value is -2.07. The zero-order chi connectivity index (χ0) is 14.8. The molecule has 0 radical (unpaired) electrons. The maximum atomic E-state index is 13.2. The Morgan fingerprint density at radius 3 is 2.45 bits per heavy atom. The first-order valence-electron chi connectivity index (χ1n) is 6.01. The van der Waals surface area contributed by atoms with Crippen LogP contribution in [-0.2, 0) is 10.3 Å². The molecule has 0 saturated carbocycles. The molecule has 0 aliphatic carbocycles. The van der Waals surface area contributed by atoms with E-state index in [2.05, 4.69) is 5.32 Å². The number of nitrogens with one attached hydrogen (secondary N) is 1. The fourth-order valence-electron chi connectivity index (χ4n) is 1.91. The highest BCUT2D eigenvalue weighted by Crippen LogP contribution is 2.27. The first-order chi connectivity index (χ1) is 9.41. The van der Waals surface area contributed by atoms with Gasteiger partial charge >= 0.3 is 0 Å². The lowest BCUT2D eigenvalue weighted by atomic mass is 9.91. The summed E-state index contributed by atoms with van der Waals surface area (Å²) < 4.78 is 13.2. The molecule has 2 aromatic carbocycles. The predicted molar refractivity (Wildman–Crippen MR) is 78.0 cm³/mol. The Morgan fingerprint density at radius 1 is 1.25 bits per heavy atom. The summed E-state index contributed by atoms with van der Waals surface area (Å²) in [6, 6.07) is 12.6. The molecule has 1 atom stereocenters. The molecule has 0 fully saturated rings. The van der Waals surface area contributed by atoms with E-state index < -0.39 is 17.3 Å². The van der Waals surface area contributed by atoms with Crippen molar-refractivity contribution in [1.29, 1.82) is 0 Å². The zero-order valence-electron chi connectivity index (χ0n) is 10.9. The highest BCUT2D eigenvalue weighted by atomic mass is 35.5. The molecule has 3 N–H and O–H groups in total. The summed E-state index contributed by atoms with van der Waals surface area (Å²) in [5.41, 5.74) is 5.47. The zero-order valence-corrected chi connectivity index (χ0v) is 11.6. The van der Waals surface area contributed by atoms with Crippen molar-refractivity contribution in [2.75, 3.05) is 5.32 Å². The van der Waals surface area contributed by atoms with Gasteiger partial charge in [0, 0.05) is 10.7 Å².